The van der Waals surface area contributed by atoms with Gasteiger partial charge in [0.25, 0.3) is 0 Å². The quantitative estimate of drug-likeness (QED) is 0.750. The van der Waals surface area contributed by atoms with Crippen LogP contribution in [0, 0.1) is 6.92 Å². The zero-order valence-corrected chi connectivity index (χ0v) is 9.93. The van der Waals surface area contributed by atoms with E-state index in [2.05, 4.69) is 25.8 Å². The van der Waals surface area contributed by atoms with Gasteiger partial charge in [-0.2, -0.15) is 0 Å². The van der Waals surface area contributed by atoms with Gasteiger partial charge in [-0.1, -0.05) is 20.8 Å². The Morgan fingerprint density at radius 2 is 1.64 bits per heavy atom. The van der Waals surface area contributed by atoms with Crippen LogP contribution in [-0.2, 0) is 11.0 Å². The molecule has 14 heavy (non-hydrogen) atoms. The minimum atomic E-state index is -0.433. The van der Waals surface area contributed by atoms with Crippen molar-refractivity contribution in [1.82, 2.24) is 4.98 Å². The molecule has 0 radical (unpaired) electrons. The summed E-state index contributed by atoms with van der Waals surface area (Å²) in [5.41, 5.74) is 6.35. The summed E-state index contributed by atoms with van der Waals surface area (Å²) < 4.78 is 5.61. The van der Waals surface area contributed by atoms with E-state index < -0.39 is 5.54 Å². The molecule has 1 rings (SSSR count). The highest BCUT2D eigenvalue weighted by Gasteiger charge is 2.27. The number of nitrogens with two attached hydrogens (primary N) is 1. The highest BCUT2D eigenvalue weighted by atomic mass is 16.4. The summed E-state index contributed by atoms with van der Waals surface area (Å²) in [7, 11) is 0. The van der Waals surface area contributed by atoms with Crippen LogP contribution in [0.3, 0.4) is 0 Å². The number of rotatable bonds is 1. The van der Waals surface area contributed by atoms with Gasteiger partial charge in [-0.3, -0.25) is 0 Å². The molecule has 0 aliphatic rings. The molecule has 0 aliphatic carbocycles. The zero-order valence-electron chi connectivity index (χ0n) is 9.93. The molecule has 1 heterocycles. The van der Waals surface area contributed by atoms with Gasteiger partial charge in [0, 0.05) is 5.41 Å². The van der Waals surface area contributed by atoms with E-state index in [1.165, 1.54) is 0 Å². The summed E-state index contributed by atoms with van der Waals surface area (Å²) >= 11 is 0. The second-order valence-electron chi connectivity index (χ2n) is 5.40. The molecule has 3 heteroatoms. The first-order chi connectivity index (χ1) is 6.12. The molecular formula is C11H20N2O. The average molecular weight is 196 g/mol. The molecule has 0 unspecified atom stereocenters. The fraction of sp³-hybridized carbons (Fsp3) is 0.727. The molecule has 0 atom stereocenters. The summed E-state index contributed by atoms with van der Waals surface area (Å²) in [6.07, 6.45) is 0. The van der Waals surface area contributed by atoms with Crippen molar-refractivity contribution in [3.05, 3.63) is 17.3 Å². The van der Waals surface area contributed by atoms with Gasteiger partial charge >= 0.3 is 0 Å². The van der Waals surface area contributed by atoms with Crippen molar-refractivity contribution in [2.24, 2.45) is 5.73 Å². The highest BCUT2D eigenvalue weighted by molar-refractivity contribution is 5.19. The van der Waals surface area contributed by atoms with Crippen molar-refractivity contribution in [1.29, 1.82) is 0 Å². The van der Waals surface area contributed by atoms with Crippen LogP contribution >= 0.6 is 0 Å². The maximum atomic E-state index is 5.99. The van der Waals surface area contributed by atoms with Gasteiger partial charge in [-0.15, -0.1) is 0 Å². The van der Waals surface area contributed by atoms with E-state index in [9.17, 15) is 0 Å². The van der Waals surface area contributed by atoms with E-state index in [0.29, 0.717) is 0 Å². The van der Waals surface area contributed by atoms with E-state index in [-0.39, 0.29) is 5.41 Å². The highest BCUT2D eigenvalue weighted by Crippen LogP contribution is 2.27. The molecule has 3 nitrogen and oxygen atoms in total. The molecule has 1 aromatic rings. The van der Waals surface area contributed by atoms with E-state index >= 15 is 0 Å². The fourth-order valence-electron chi connectivity index (χ4n) is 1.32. The Morgan fingerprint density at radius 1 is 1.14 bits per heavy atom. The second kappa shape index (κ2) is 3.09. The number of aromatic nitrogens is 1. The van der Waals surface area contributed by atoms with E-state index in [4.69, 9.17) is 10.2 Å². The van der Waals surface area contributed by atoms with E-state index in [0.717, 1.165) is 17.3 Å². The van der Waals surface area contributed by atoms with Gasteiger partial charge in [-0.25, -0.2) is 4.98 Å². The molecule has 0 spiro atoms. The lowest BCUT2D eigenvalue weighted by Crippen LogP contribution is -2.30. The van der Waals surface area contributed by atoms with Crippen LogP contribution in [0.2, 0.25) is 0 Å². The minimum Gasteiger partial charge on any atom is -0.445 e. The van der Waals surface area contributed by atoms with Gasteiger partial charge < -0.3 is 10.2 Å². The Morgan fingerprint density at radius 3 is 1.86 bits per heavy atom. The minimum absolute atomic E-state index is 0.0612. The zero-order chi connectivity index (χ0) is 11.1. The number of hydrogen-bond acceptors (Lipinski definition) is 3. The fourth-order valence-corrected chi connectivity index (χ4v) is 1.32. The number of hydrogen-bond donors (Lipinski definition) is 1. The van der Waals surface area contributed by atoms with E-state index in [1.54, 1.807) is 0 Å². The SMILES string of the molecule is Cc1oc(C(C)(C)C)nc1C(C)(C)N. The van der Waals surface area contributed by atoms with Gasteiger partial charge in [0.2, 0.25) is 0 Å². The third-order valence-electron chi connectivity index (χ3n) is 2.05. The molecule has 1 aromatic heterocycles. The predicted molar refractivity (Wildman–Crippen MR) is 57.2 cm³/mol. The van der Waals surface area contributed by atoms with Crippen molar-refractivity contribution in [3.63, 3.8) is 0 Å². The third kappa shape index (κ3) is 2.15. The lowest BCUT2D eigenvalue weighted by atomic mass is 9.96. The predicted octanol–water partition coefficient (Wildman–Crippen LogP) is 2.47. The van der Waals surface area contributed by atoms with Crippen LogP contribution in [0.25, 0.3) is 0 Å². The molecule has 2 N–H and O–H groups in total. The van der Waals surface area contributed by atoms with Gasteiger partial charge in [0.1, 0.15) is 11.5 Å². The Kier molecular flexibility index (Phi) is 2.48. The number of oxazole rings is 1. The number of nitrogens with zero attached hydrogens (tertiary/aromatic N) is 1. The van der Waals surface area contributed by atoms with Gasteiger partial charge in [-0.05, 0) is 20.8 Å². The first kappa shape index (κ1) is 11.2. The Labute approximate surface area is 85.7 Å². The molecule has 0 amide bonds. The largest absolute Gasteiger partial charge is 0.445 e. The second-order valence-corrected chi connectivity index (χ2v) is 5.40. The van der Waals surface area contributed by atoms with Crippen LogP contribution in [0.4, 0.5) is 0 Å². The van der Waals surface area contributed by atoms with Crippen molar-refractivity contribution < 1.29 is 4.42 Å². The lowest BCUT2D eigenvalue weighted by molar-refractivity contribution is 0.380. The lowest BCUT2D eigenvalue weighted by Gasteiger charge is -2.16. The smallest absolute Gasteiger partial charge is 0.200 e. The van der Waals surface area contributed by atoms with Crippen LogP contribution < -0.4 is 5.73 Å². The normalized spacial score (nSPS) is 13.4. The molecule has 0 aliphatic heterocycles. The average Bonchev–Trinajstić information content (AvgIpc) is 2.27. The molecule has 0 aromatic carbocycles. The molecule has 0 saturated carbocycles. The van der Waals surface area contributed by atoms with Gasteiger partial charge in [0.05, 0.1) is 5.54 Å². The summed E-state index contributed by atoms with van der Waals surface area (Å²) in [4.78, 5) is 4.46. The molecule has 0 fully saturated rings. The first-order valence-corrected chi connectivity index (χ1v) is 4.89. The van der Waals surface area contributed by atoms with Crippen LogP contribution in [0.1, 0.15) is 52.0 Å². The Hall–Kier alpha value is -0.830. The summed E-state index contributed by atoms with van der Waals surface area (Å²) in [5.74, 6) is 1.57. The van der Waals surface area contributed by atoms with E-state index in [1.807, 2.05) is 20.8 Å². The van der Waals surface area contributed by atoms with Gasteiger partial charge in [0.15, 0.2) is 5.89 Å². The molecular weight excluding hydrogens is 176 g/mol. The maximum Gasteiger partial charge on any atom is 0.200 e. The maximum absolute atomic E-state index is 5.99. The Bertz CT molecular complexity index is 326. The summed E-state index contributed by atoms with van der Waals surface area (Å²) in [6.45, 7) is 12.0. The standard InChI is InChI=1S/C11H20N2O/c1-7-8(11(5,6)12)13-9(14-7)10(2,3)4/h12H2,1-6H3. The summed E-state index contributed by atoms with van der Waals surface area (Å²) in [6, 6.07) is 0. The monoisotopic (exact) mass is 196 g/mol. The van der Waals surface area contributed by atoms with Crippen LogP contribution in [0.5, 0.6) is 0 Å². The first-order valence-electron chi connectivity index (χ1n) is 4.89. The summed E-state index contributed by atoms with van der Waals surface area (Å²) in [5, 5.41) is 0. The topological polar surface area (TPSA) is 52.0 Å². The third-order valence-corrected chi connectivity index (χ3v) is 2.05. The molecule has 0 bridgehead atoms. The number of aryl methyl sites for hydroxylation is 1. The van der Waals surface area contributed by atoms with Crippen molar-refractivity contribution in [3.8, 4) is 0 Å². The van der Waals surface area contributed by atoms with Crippen molar-refractivity contribution in [2.45, 2.75) is 52.5 Å². The van der Waals surface area contributed by atoms with Crippen LogP contribution in [-0.4, -0.2) is 4.98 Å². The molecule has 80 valence electrons. The Balaban J connectivity index is 3.19. The van der Waals surface area contributed by atoms with Crippen molar-refractivity contribution in [2.75, 3.05) is 0 Å². The van der Waals surface area contributed by atoms with Crippen LogP contribution in [0.15, 0.2) is 4.42 Å². The molecule has 0 saturated heterocycles. The van der Waals surface area contributed by atoms with Crippen molar-refractivity contribution >= 4 is 0 Å².